The van der Waals surface area contributed by atoms with Crippen molar-refractivity contribution in [1.29, 1.82) is 0 Å². The number of methoxy groups -OCH3 is 1. The predicted molar refractivity (Wildman–Crippen MR) is 81.7 cm³/mol. The number of ether oxygens (including phenoxy) is 2. The molecule has 110 valence electrons. The molecule has 0 aliphatic carbocycles. The first-order valence-corrected chi connectivity index (χ1v) is 7.98. The van der Waals surface area contributed by atoms with E-state index in [4.69, 9.17) is 9.47 Å². The summed E-state index contributed by atoms with van der Waals surface area (Å²) in [5, 5.41) is 0.855. The highest BCUT2D eigenvalue weighted by Crippen LogP contribution is 2.22. The molecule has 0 aromatic heterocycles. The Balaban J connectivity index is 1.94. The van der Waals surface area contributed by atoms with Gasteiger partial charge in [0.2, 0.25) is 0 Å². The molecule has 1 heterocycles. The predicted octanol–water partition coefficient (Wildman–Crippen LogP) is 2.71. The van der Waals surface area contributed by atoms with E-state index in [2.05, 4.69) is 15.9 Å². The standard InChI is InChI=1S/C15H20BrNO3/c1-19-14-5-3-2-4-13(14)15(18)17-9-6-12(7-10-17)20-11-8-16/h2-5,12H,6-11H2,1H3. The van der Waals surface area contributed by atoms with Gasteiger partial charge in [0.25, 0.3) is 5.91 Å². The summed E-state index contributed by atoms with van der Waals surface area (Å²) in [6.07, 6.45) is 2.07. The van der Waals surface area contributed by atoms with Crippen LogP contribution in [0.3, 0.4) is 0 Å². The number of alkyl halides is 1. The zero-order chi connectivity index (χ0) is 14.4. The topological polar surface area (TPSA) is 38.8 Å². The second kappa shape index (κ2) is 7.64. The number of hydrogen-bond donors (Lipinski definition) is 0. The van der Waals surface area contributed by atoms with Crippen LogP contribution in [0.1, 0.15) is 23.2 Å². The molecule has 0 N–H and O–H groups in total. The van der Waals surface area contributed by atoms with Crippen LogP contribution in [0.25, 0.3) is 0 Å². The molecule has 5 heteroatoms. The lowest BCUT2D eigenvalue weighted by molar-refractivity contribution is 0.0159. The van der Waals surface area contributed by atoms with E-state index in [1.165, 1.54) is 0 Å². The molecule has 1 aromatic carbocycles. The monoisotopic (exact) mass is 341 g/mol. The molecule has 0 spiro atoms. The minimum atomic E-state index is 0.0430. The fourth-order valence-electron chi connectivity index (χ4n) is 2.43. The molecule has 0 unspecified atom stereocenters. The Kier molecular flexibility index (Phi) is 5.86. The number of para-hydroxylation sites is 1. The van der Waals surface area contributed by atoms with Gasteiger partial charge in [-0.15, -0.1) is 0 Å². The number of carbonyl (C=O) groups excluding carboxylic acids is 1. The largest absolute Gasteiger partial charge is 0.496 e. The lowest BCUT2D eigenvalue weighted by atomic mass is 10.1. The first-order valence-electron chi connectivity index (χ1n) is 6.86. The smallest absolute Gasteiger partial charge is 0.257 e. The average molecular weight is 342 g/mol. The summed E-state index contributed by atoms with van der Waals surface area (Å²) >= 11 is 3.35. The molecular weight excluding hydrogens is 322 g/mol. The van der Waals surface area contributed by atoms with Gasteiger partial charge in [-0.25, -0.2) is 0 Å². The zero-order valence-electron chi connectivity index (χ0n) is 11.7. The highest BCUT2D eigenvalue weighted by Gasteiger charge is 2.25. The van der Waals surface area contributed by atoms with E-state index in [1.807, 2.05) is 29.2 Å². The summed E-state index contributed by atoms with van der Waals surface area (Å²) in [4.78, 5) is 14.4. The van der Waals surface area contributed by atoms with E-state index in [-0.39, 0.29) is 12.0 Å². The maximum absolute atomic E-state index is 12.5. The summed E-state index contributed by atoms with van der Waals surface area (Å²) in [7, 11) is 1.59. The van der Waals surface area contributed by atoms with E-state index in [9.17, 15) is 4.79 Å². The Bertz CT molecular complexity index is 444. The Morgan fingerprint density at radius 2 is 2.05 bits per heavy atom. The van der Waals surface area contributed by atoms with Crippen LogP contribution in [-0.2, 0) is 4.74 Å². The third-order valence-electron chi connectivity index (χ3n) is 3.50. The van der Waals surface area contributed by atoms with E-state index in [0.29, 0.717) is 11.3 Å². The van der Waals surface area contributed by atoms with Crippen LogP contribution in [0, 0.1) is 0 Å². The van der Waals surface area contributed by atoms with Crippen LogP contribution in [0.4, 0.5) is 0 Å². The molecule has 1 fully saturated rings. The SMILES string of the molecule is COc1ccccc1C(=O)N1CCC(OCCBr)CC1. The van der Waals surface area contributed by atoms with Crippen molar-refractivity contribution in [3.63, 3.8) is 0 Å². The van der Waals surface area contributed by atoms with E-state index in [0.717, 1.165) is 37.9 Å². The molecule has 1 saturated heterocycles. The Morgan fingerprint density at radius 1 is 1.35 bits per heavy atom. The maximum atomic E-state index is 12.5. The Hall–Kier alpha value is -1.07. The number of likely N-dealkylation sites (tertiary alicyclic amines) is 1. The number of rotatable bonds is 5. The lowest BCUT2D eigenvalue weighted by Gasteiger charge is -2.32. The Labute approximate surface area is 128 Å². The molecule has 4 nitrogen and oxygen atoms in total. The van der Waals surface area contributed by atoms with Crippen molar-refractivity contribution in [1.82, 2.24) is 4.90 Å². The number of hydrogen-bond acceptors (Lipinski definition) is 3. The molecule has 0 radical (unpaired) electrons. The molecular formula is C15H20BrNO3. The van der Waals surface area contributed by atoms with Gasteiger partial charge in [0.05, 0.1) is 25.4 Å². The normalized spacial score (nSPS) is 16.2. The molecule has 0 bridgehead atoms. The van der Waals surface area contributed by atoms with Gasteiger partial charge in [-0.1, -0.05) is 28.1 Å². The van der Waals surface area contributed by atoms with Crippen LogP contribution >= 0.6 is 15.9 Å². The molecule has 0 saturated carbocycles. The van der Waals surface area contributed by atoms with Crippen LogP contribution in [-0.4, -0.2) is 49.0 Å². The first kappa shape index (κ1) is 15.3. The zero-order valence-corrected chi connectivity index (χ0v) is 13.3. The van der Waals surface area contributed by atoms with Gasteiger partial charge < -0.3 is 14.4 Å². The van der Waals surface area contributed by atoms with E-state index >= 15 is 0 Å². The number of nitrogens with zero attached hydrogens (tertiary/aromatic N) is 1. The van der Waals surface area contributed by atoms with Crippen LogP contribution in [0.2, 0.25) is 0 Å². The highest BCUT2D eigenvalue weighted by atomic mass is 79.9. The van der Waals surface area contributed by atoms with Crippen LogP contribution in [0.5, 0.6) is 5.75 Å². The number of benzene rings is 1. The van der Waals surface area contributed by atoms with Gasteiger partial charge in [-0.2, -0.15) is 0 Å². The van der Waals surface area contributed by atoms with Crippen molar-refractivity contribution in [2.45, 2.75) is 18.9 Å². The second-order valence-corrected chi connectivity index (χ2v) is 5.54. The van der Waals surface area contributed by atoms with E-state index in [1.54, 1.807) is 7.11 Å². The molecule has 2 rings (SSSR count). The van der Waals surface area contributed by atoms with Crippen LogP contribution in [0.15, 0.2) is 24.3 Å². The van der Waals surface area contributed by atoms with Gasteiger partial charge in [-0.3, -0.25) is 4.79 Å². The lowest BCUT2D eigenvalue weighted by Crippen LogP contribution is -2.41. The quantitative estimate of drug-likeness (QED) is 0.773. The van der Waals surface area contributed by atoms with Crippen molar-refractivity contribution in [2.24, 2.45) is 0 Å². The fraction of sp³-hybridized carbons (Fsp3) is 0.533. The molecule has 1 amide bonds. The van der Waals surface area contributed by atoms with Crippen molar-refractivity contribution >= 4 is 21.8 Å². The van der Waals surface area contributed by atoms with Crippen LogP contribution < -0.4 is 4.74 Å². The summed E-state index contributed by atoms with van der Waals surface area (Å²) in [5.74, 6) is 0.677. The van der Waals surface area contributed by atoms with Gasteiger partial charge in [0, 0.05) is 18.4 Å². The van der Waals surface area contributed by atoms with Crippen molar-refractivity contribution in [2.75, 3.05) is 32.1 Å². The van der Waals surface area contributed by atoms with E-state index < -0.39 is 0 Å². The molecule has 1 aliphatic heterocycles. The minimum absolute atomic E-state index is 0.0430. The summed E-state index contributed by atoms with van der Waals surface area (Å²) in [6, 6.07) is 7.37. The Morgan fingerprint density at radius 3 is 2.70 bits per heavy atom. The molecule has 20 heavy (non-hydrogen) atoms. The fourth-order valence-corrected chi connectivity index (χ4v) is 2.62. The van der Waals surface area contributed by atoms with Crippen molar-refractivity contribution in [3.8, 4) is 5.75 Å². The maximum Gasteiger partial charge on any atom is 0.257 e. The molecule has 1 aliphatic rings. The second-order valence-electron chi connectivity index (χ2n) is 4.75. The first-order chi connectivity index (χ1) is 9.76. The van der Waals surface area contributed by atoms with Gasteiger partial charge in [-0.05, 0) is 25.0 Å². The average Bonchev–Trinajstić information content (AvgIpc) is 2.52. The summed E-state index contributed by atoms with van der Waals surface area (Å²) < 4.78 is 11.0. The molecule has 1 aromatic rings. The van der Waals surface area contributed by atoms with Gasteiger partial charge in [0.15, 0.2) is 0 Å². The molecule has 0 atom stereocenters. The van der Waals surface area contributed by atoms with Gasteiger partial charge in [0.1, 0.15) is 5.75 Å². The third kappa shape index (κ3) is 3.73. The summed E-state index contributed by atoms with van der Waals surface area (Å²) in [6.45, 7) is 2.21. The summed E-state index contributed by atoms with van der Waals surface area (Å²) in [5.41, 5.74) is 0.634. The van der Waals surface area contributed by atoms with Crippen molar-refractivity contribution in [3.05, 3.63) is 29.8 Å². The minimum Gasteiger partial charge on any atom is -0.496 e. The number of piperidine rings is 1. The van der Waals surface area contributed by atoms with Gasteiger partial charge >= 0.3 is 0 Å². The third-order valence-corrected chi connectivity index (χ3v) is 3.82. The number of halogens is 1. The van der Waals surface area contributed by atoms with Crippen molar-refractivity contribution < 1.29 is 14.3 Å². The number of amides is 1. The highest BCUT2D eigenvalue weighted by molar-refractivity contribution is 9.09. The number of carbonyl (C=O) groups is 1.